The van der Waals surface area contributed by atoms with E-state index in [0.29, 0.717) is 0 Å². The van der Waals surface area contributed by atoms with Crippen LogP contribution in [0.3, 0.4) is 0 Å². The van der Waals surface area contributed by atoms with Crippen LogP contribution in [0, 0.1) is 0 Å². The number of hydrogen-bond acceptors (Lipinski definition) is 3. The van der Waals surface area contributed by atoms with Crippen LogP contribution in [0.1, 0.15) is 44.5 Å². The van der Waals surface area contributed by atoms with Crippen LogP contribution in [0.4, 0.5) is 17.1 Å². The lowest BCUT2D eigenvalue weighted by atomic mass is 9.66. The Hall–Kier alpha value is -8.92. The first kappa shape index (κ1) is 38.2. The van der Waals surface area contributed by atoms with Crippen molar-refractivity contribution in [2.24, 2.45) is 0 Å². The lowest BCUT2D eigenvalue weighted by Crippen LogP contribution is -2.32. The minimum Gasteiger partial charge on any atom is -0.457 e. The Morgan fingerprint density at radius 3 is 1.36 bits per heavy atom. The number of anilines is 3. The van der Waals surface area contributed by atoms with Gasteiger partial charge in [0.1, 0.15) is 23.0 Å². The third kappa shape index (κ3) is 5.06. The summed E-state index contributed by atoms with van der Waals surface area (Å²) in [5.41, 5.74) is 19.0. The molecule has 2 heterocycles. The molecule has 4 aliphatic rings. The van der Waals surface area contributed by atoms with Gasteiger partial charge in [0.2, 0.25) is 0 Å². The molecular formula is C66H41NO2. The molecule has 0 bridgehead atoms. The Morgan fingerprint density at radius 2 is 0.725 bits per heavy atom. The molecule has 69 heavy (non-hydrogen) atoms. The zero-order valence-corrected chi connectivity index (χ0v) is 37.4. The quantitative estimate of drug-likeness (QED) is 0.176. The molecule has 0 radical (unpaired) electrons. The van der Waals surface area contributed by atoms with Crippen molar-refractivity contribution < 1.29 is 9.47 Å². The monoisotopic (exact) mass is 879 g/mol. The molecule has 11 aromatic rings. The van der Waals surface area contributed by atoms with Gasteiger partial charge in [-0.3, -0.25) is 0 Å². The van der Waals surface area contributed by atoms with Gasteiger partial charge in [-0.1, -0.05) is 194 Å². The Kier molecular flexibility index (Phi) is 7.92. The van der Waals surface area contributed by atoms with E-state index in [2.05, 4.69) is 254 Å². The average Bonchev–Trinajstić information content (AvgIpc) is 3.87. The Labute approximate surface area is 400 Å². The summed E-state index contributed by atoms with van der Waals surface area (Å²) in [5.74, 6) is 3.54. The fourth-order valence-corrected chi connectivity index (χ4v) is 12.8. The molecule has 0 amide bonds. The van der Waals surface area contributed by atoms with E-state index >= 15 is 0 Å². The molecule has 0 atom stereocenters. The zero-order chi connectivity index (χ0) is 45.3. The van der Waals surface area contributed by atoms with Gasteiger partial charge in [-0.2, -0.15) is 0 Å². The Morgan fingerprint density at radius 1 is 0.290 bits per heavy atom. The predicted octanol–water partition coefficient (Wildman–Crippen LogP) is 16.9. The summed E-state index contributed by atoms with van der Waals surface area (Å²) in [4.78, 5) is 2.50. The molecule has 0 saturated carbocycles. The molecule has 15 rings (SSSR count). The van der Waals surface area contributed by atoms with E-state index < -0.39 is 10.8 Å². The topological polar surface area (TPSA) is 21.7 Å². The van der Waals surface area contributed by atoms with Gasteiger partial charge in [-0.05, 0) is 115 Å². The van der Waals surface area contributed by atoms with E-state index in [1.165, 1.54) is 66.4 Å². The lowest BCUT2D eigenvalue weighted by Gasteiger charge is -2.39. The maximum atomic E-state index is 6.73. The smallest absolute Gasteiger partial charge is 0.132 e. The molecule has 2 spiro atoms. The third-order valence-corrected chi connectivity index (χ3v) is 15.4. The molecule has 322 valence electrons. The first-order valence-corrected chi connectivity index (χ1v) is 23.8. The average molecular weight is 880 g/mol. The first-order chi connectivity index (χ1) is 34.2. The number of hydrogen-bond donors (Lipinski definition) is 0. The maximum Gasteiger partial charge on any atom is 0.132 e. The van der Waals surface area contributed by atoms with Crippen molar-refractivity contribution in [1.82, 2.24) is 0 Å². The van der Waals surface area contributed by atoms with Gasteiger partial charge in [0.15, 0.2) is 0 Å². The largest absolute Gasteiger partial charge is 0.457 e. The summed E-state index contributed by atoms with van der Waals surface area (Å²) in [6.45, 7) is 0. The summed E-state index contributed by atoms with van der Waals surface area (Å²) < 4.78 is 13.4. The van der Waals surface area contributed by atoms with Crippen LogP contribution < -0.4 is 14.4 Å². The van der Waals surface area contributed by atoms with Gasteiger partial charge < -0.3 is 14.4 Å². The van der Waals surface area contributed by atoms with Crippen molar-refractivity contribution in [3.8, 4) is 56.4 Å². The molecular weight excluding hydrogens is 839 g/mol. The van der Waals surface area contributed by atoms with Crippen molar-refractivity contribution in [3.63, 3.8) is 0 Å². The third-order valence-electron chi connectivity index (χ3n) is 15.4. The van der Waals surface area contributed by atoms with Crippen molar-refractivity contribution in [2.75, 3.05) is 4.90 Å². The summed E-state index contributed by atoms with van der Waals surface area (Å²) in [6, 6.07) is 91.0. The second-order valence-corrected chi connectivity index (χ2v) is 18.6. The number of benzene rings is 11. The molecule has 11 aromatic carbocycles. The van der Waals surface area contributed by atoms with Crippen molar-refractivity contribution in [1.29, 1.82) is 0 Å². The summed E-state index contributed by atoms with van der Waals surface area (Å²) in [7, 11) is 0. The maximum absolute atomic E-state index is 6.73. The Balaban J connectivity index is 1.00. The second kappa shape index (κ2) is 14.3. The highest BCUT2D eigenvalue weighted by Gasteiger charge is 2.53. The van der Waals surface area contributed by atoms with Crippen LogP contribution in [-0.4, -0.2) is 0 Å². The SMILES string of the molecule is c1ccc2c(c1)Oc1ccccc1C21c2ccccc2-c2cc(N(c3ccc(-c4cccc5ccccc45)cc3)c3cccc4c3-c3ccccc3C43c4ccccc4Oc4ccccc43)ccc21. The molecule has 0 aromatic heterocycles. The molecule has 0 saturated heterocycles. The molecule has 0 fully saturated rings. The van der Waals surface area contributed by atoms with E-state index in [9.17, 15) is 0 Å². The zero-order valence-electron chi connectivity index (χ0n) is 37.4. The van der Waals surface area contributed by atoms with Gasteiger partial charge in [-0.25, -0.2) is 0 Å². The van der Waals surface area contributed by atoms with Crippen LogP contribution in [0.25, 0.3) is 44.2 Å². The molecule has 0 unspecified atom stereocenters. The van der Waals surface area contributed by atoms with Gasteiger partial charge in [0, 0.05) is 39.2 Å². The van der Waals surface area contributed by atoms with Gasteiger partial charge >= 0.3 is 0 Å². The van der Waals surface area contributed by atoms with Crippen LogP contribution in [-0.2, 0) is 10.8 Å². The number of nitrogens with zero attached hydrogens (tertiary/aromatic N) is 1. The molecule has 0 N–H and O–H groups in total. The molecule has 2 aliphatic heterocycles. The highest BCUT2D eigenvalue weighted by Crippen LogP contribution is 2.66. The Bertz CT molecular complexity index is 3840. The number of rotatable bonds is 4. The standard InChI is InChI=1S/C66H41NO2/c1-2-19-46-42(17-1)18-15-22-47(46)43-35-37-44(38-36-43)67(45-39-40-53-50(41-45)48-20-3-5-23-51(48)65(53)54-25-7-11-31-60(54)68-61-32-12-8-26-55(61)65)59-30-16-29-58-64(59)49-21-4-6-24-52(49)66(58)56-27-9-13-33-62(56)69-63-34-14-10-28-57(63)66/h1-41H. The summed E-state index contributed by atoms with van der Waals surface area (Å²) in [6.07, 6.45) is 0. The number of fused-ring (bicyclic) bond motifs is 19. The van der Waals surface area contributed by atoms with Gasteiger partial charge in [-0.15, -0.1) is 0 Å². The van der Waals surface area contributed by atoms with Crippen LogP contribution in [0.2, 0.25) is 0 Å². The van der Waals surface area contributed by atoms with Crippen molar-refractivity contribution >= 4 is 27.8 Å². The molecule has 2 aliphatic carbocycles. The van der Waals surface area contributed by atoms with E-state index in [1.807, 2.05) is 0 Å². The minimum atomic E-state index is -0.607. The van der Waals surface area contributed by atoms with E-state index in [-0.39, 0.29) is 0 Å². The highest BCUT2D eigenvalue weighted by molar-refractivity contribution is 6.01. The van der Waals surface area contributed by atoms with Crippen LogP contribution in [0.15, 0.2) is 249 Å². The van der Waals surface area contributed by atoms with E-state index in [0.717, 1.165) is 62.3 Å². The van der Waals surface area contributed by atoms with Crippen LogP contribution >= 0.6 is 0 Å². The van der Waals surface area contributed by atoms with Crippen LogP contribution in [0.5, 0.6) is 23.0 Å². The fraction of sp³-hybridized carbons (Fsp3) is 0.0303. The normalized spacial score (nSPS) is 14.3. The molecule has 3 nitrogen and oxygen atoms in total. The van der Waals surface area contributed by atoms with E-state index in [1.54, 1.807) is 0 Å². The number of para-hydroxylation sites is 4. The minimum absolute atomic E-state index is 0.565. The predicted molar refractivity (Wildman–Crippen MR) is 279 cm³/mol. The van der Waals surface area contributed by atoms with Gasteiger partial charge in [0.05, 0.1) is 16.5 Å². The first-order valence-electron chi connectivity index (χ1n) is 23.8. The molecule has 3 heteroatoms. The van der Waals surface area contributed by atoms with Crippen molar-refractivity contribution in [2.45, 2.75) is 10.8 Å². The summed E-state index contributed by atoms with van der Waals surface area (Å²) in [5, 5.41) is 2.47. The highest BCUT2D eigenvalue weighted by atomic mass is 16.5. The van der Waals surface area contributed by atoms with E-state index in [4.69, 9.17) is 9.47 Å². The van der Waals surface area contributed by atoms with Crippen molar-refractivity contribution in [3.05, 3.63) is 293 Å². The lowest BCUT2D eigenvalue weighted by molar-refractivity contribution is 0.436. The summed E-state index contributed by atoms with van der Waals surface area (Å²) >= 11 is 0. The fourth-order valence-electron chi connectivity index (χ4n) is 12.8. The second-order valence-electron chi connectivity index (χ2n) is 18.6. The van der Waals surface area contributed by atoms with Gasteiger partial charge in [0.25, 0.3) is 0 Å². The number of ether oxygens (including phenoxy) is 2.